The third-order valence-electron chi connectivity index (χ3n) is 4.50. The molecule has 1 aromatic carbocycles. The second kappa shape index (κ2) is 7.60. The number of nitrogens with zero attached hydrogens (tertiary/aromatic N) is 2. The Labute approximate surface area is 160 Å². The molecule has 27 heavy (non-hydrogen) atoms. The van der Waals surface area contributed by atoms with E-state index in [4.69, 9.17) is 0 Å². The number of fused-ring (bicyclic) bond motifs is 1. The summed E-state index contributed by atoms with van der Waals surface area (Å²) in [5, 5.41) is 3.30. The van der Waals surface area contributed by atoms with Gasteiger partial charge in [0.1, 0.15) is 17.3 Å². The number of benzene rings is 1. The first-order chi connectivity index (χ1) is 12.8. The highest BCUT2D eigenvalue weighted by atomic mass is 32.1. The van der Waals surface area contributed by atoms with Gasteiger partial charge in [-0.1, -0.05) is 32.0 Å². The molecule has 0 saturated heterocycles. The van der Waals surface area contributed by atoms with Gasteiger partial charge in [0.25, 0.3) is 11.5 Å². The predicted octanol–water partition coefficient (Wildman–Crippen LogP) is 4.42. The third kappa shape index (κ3) is 3.51. The molecule has 7 heteroatoms. The number of aromatic nitrogens is 2. The van der Waals surface area contributed by atoms with E-state index in [-0.39, 0.29) is 23.9 Å². The lowest BCUT2D eigenvalue weighted by Gasteiger charge is -2.13. The second-order valence-corrected chi connectivity index (χ2v) is 7.77. The summed E-state index contributed by atoms with van der Waals surface area (Å²) in [4.78, 5) is 31.3. The van der Waals surface area contributed by atoms with Crippen molar-refractivity contribution < 1.29 is 9.18 Å². The van der Waals surface area contributed by atoms with Crippen LogP contribution in [0.25, 0.3) is 10.2 Å². The van der Waals surface area contributed by atoms with Gasteiger partial charge in [-0.05, 0) is 31.0 Å². The summed E-state index contributed by atoms with van der Waals surface area (Å²) in [6.07, 6.45) is 0. The standard InChI is InChI=1S/C20H22FN3O2S/c1-11(2)17-23-19-15(20(26)24(17)10-9-21)13(4)16(27-19)18(25)22-14-8-6-5-7-12(14)3/h5-8,11H,9-10H2,1-4H3,(H,22,25). The Kier molecular flexibility index (Phi) is 5.41. The molecular formula is C20H22FN3O2S. The summed E-state index contributed by atoms with van der Waals surface area (Å²) in [7, 11) is 0. The number of hydrogen-bond acceptors (Lipinski definition) is 4. The first-order valence-electron chi connectivity index (χ1n) is 8.82. The van der Waals surface area contributed by atoms with E-state index in [2.05, 4.69) is 10.3 Å². The number of alkyl halides is 1. The van der Waals surface area contributed by atoms with E-state index in [1.165, 1.54) is 15.9 Å². The van der Waals surface area contributed by atoms with Crippen molar-refractivity contribution in [2.75, 3.05) is 12.0 Å². The zero-order valence-corrected chi connectivity index (χ0v) is 16.6. The average molecular weight is 387 g/mol. The fourth-order valence-corrected chi connectivity index (χ4v) is 4.16. The molecule has 142 valence electrons. The Morgan fingerprint density at radius 2 is 2.00 bits per heavy atom. The lowest BCUT2D eigenvalue weighted by atomic mass is 10.1. The molecule has 3 aromatic rings. The Balaban J connectivity index is 2.12. The van der Waals surface area contributed by atoms with Gasteiger partial charge in [0.2, 0.25) is 0 Å². The molecule has 0 aliphatic rings. The smallest absolute Gasteiger partial charge is 0.266 e. The summed E-state index contributed by atoms with van der Waals surface area (Å²) in [5.41, 5.74) is 1.98. The van der Waals surface area contributed by atoms with Crippen LogP contribution < -0.4 is 10.9 Å². The first-order valence-corrected chi connectivity index (χ1v) is 9.63. The van der Waals surface area contributed by atoms with Crippen LogP contribution in [0.2, 0.25) is 0 Å². The first kappa shape index (κ1) is 19.2. The van der Waals surface area contributed by atoms with Crippen LogP contribution in [-0.4, -0.2) is 22.1 Å². The molecule has 1 amide bonds. The lowest BCUT2D eigenvalue weighted by molar-refractivity contribution is 0.103. The van der Waals surface area contributed by atoms with Crippen molar-refractivity contribution in [2.45, 2.75) is 40.2 Å². The molecule has 0 fully saturated rings. The van der Waals surface area contributed by atoms with Gasteiger partial charge in [-0.2, -0.15) is 0 Å². The van der Waals surface area contributed by atoms with E-state index < -0.39 is 6.67 Å². The summed E-state index contributed by atoms with van der Waals surface area (Å²) in [6.45, 7) is 6.80. The van der Waals surface area contributed by atoms with Gasteiger partial charge in [0.15, 0.2) is 0 Å². The molecule has 1 N–H and O–H groups in total. The number of para-hydroxylation sites is 1. The number of anilines is 1. The highest BCUT2D eigenvalue weighted by molar-refractivity contribution is 7.20. The van der Waals surface area contributed by atoms with Crippen molar-refractivity contribution in [1.29, 1.82) is 0 Å². The maximum absolute atomic E-state index is 13.0. The highest BCUT2D eigenvalue weighted by Crippen LogP contribution is 2.29. The maximum Gasteiger partial charge on any atom is 0.266 e. The van der Waals surface area contributed by atoms with Gasteiger partial charge in [0.05, 0.1) is 16.8 Å². The van der Waals surface area contributed by atoms with Gasteiger partial charge in [-0.3, -0.25) is 14.2 Å². The molecule has 0 radical (unpaired) electrons. The van der Waals surface area contributed by atoms with Crippen LogP contribution in [0, 0.1) is 13.8 Å². The molecule has 2 heterocycles. The summed E-state index contributed by atoms with van der Waals surface area (Å²) in [6, 6.07) is 7.51. The number of nitrogens with one attached hydrogen (secondary N) is 1. The largest absolute Gasteiger partial charge is 0.321 e. The maximum atomic E-state index is 13.0. The molecule has 3 rings (SSSR count). The molecule has 2 aromatic heterocycles. The fraction of sp³-hybridized carbons (Fsp3) is 0.350. The average Bonchev–Trinajstić information content (AvgIpc) is 2.96. The Bertz CT molecular complexity index is 1070. The van der Waals surface area contributed by atoms with E-state index in [1.807, 2.05) is 45.0 Å². The van der Waals surface area contributed by atoms with Crippen LogP contribution in [0.4, 0.5) is 10.1 Å². The minimum Gasteiger partial charge on any atom is -0.321 e. The van der Waals surface area contributed by atoms with Gasteiger partial charge in [0, 0.05) is 11.6 Å². The number of rotatable bonds is 5. The van der Waals surface area contributed by atoms with Gasteiger partial charge < -0.3 is 5.32 Å². The molecule has 0 aliphatic carbocycles. The summed E-state index contributed by atoms with van der Waals surface area (Å²) < 4.78 is 14.4. The Hall–Kier alpha value is -2.54. The van der Waals surface area contributed by atoms with Gasteiger partial charge in [-0.15, -0.1) is 11.3 Å². The van der Waals surface area contributed by atoms with Crippen molar-refractivity contribution >= 4 is 33.1 Å². The molecule has 0 unspecified atom stereocenters. The monoisotopic (exact) mass is 387 g/mol. The quantitative estimate of drug-likeness (QED) is 0.705. The number of aryl methyl sites for hydroxylation is 2. The van der Waals surface area contributed by atoms with Crippen molar-refractivity contribution in [3.63, 3.8) is 0 Å². The zero-order valence-electron chi connectivity index (χ0n) is 15.8. The van der Waals surface area contributed by atoms with Crippen molar-refractivity contribution in [1.82, 2.24) is 9.55 Å². The summed E-state index contributed by atoms with van der Waals surface area (Å²) >= 11 is 1.20. The third-order valence-corrected chi connectivity index (χ3v) is 5.69. The van der Waals surface area contributed by atoms with Crippen molar-refractivity contribution in [3.8, 4) is 0 Å². The Morgan fingerprint density at radius 1 is 1.30 bits per heavy atom. The lowest BCUT2D eigenvalue weighted by Crippen LogP contribution is -2.26. The van der Waals surface area contributed by atoms with Crippen LogP contribution >= 0.6 is 11.3 Å². The SMILES string of the molecule is Cc1ccccc1NC(=O)c1sc2nc(C(C)C)n(CCF)c(=O)c2c1C. The topological polar surface area (TPSA) is 64.0 Å². The summed E-state index contributed by atoms with van der Waals surface area (Å²) in [5.74, 6) is 0.241. The van der Waals surface area contributed by atoms with Crippen molar-refractivity contribution in [2.24, 2.45) is 0 Å². The van der Waals surface area contributed by atoms with Crippen molar-refractivity contribution in [3.05, 3.63) is 56.4 Å². The highest BCUT2D eigenvalue weighted by Gasteiger charge is 2.22. The van der Waals surface area contributed by atoms with Crippen LogP contribution in [0.1, 0.15) is 46.4 Å². The molecule has 0 saturated carbocycles. The van der Waals surface area contributed by atoms with E-state index in [0.717, 1.165) is 11.3 Å². The molecule has 0 spiro atoms. The van der Waals surface area contributed by atoms with Crippen LogP contribution in [-0.2, 0) is 6.54 Å². The number of amides is 1. The normalized spacial score (nSPS) is 11.3. The van der Waals surface area contributed by atoms with E-state index in [0.29, 0.717) is 26.5 Å². The van der Waals surface area contributed by atoms with Crippen LogP contribution in [0.15, 0.2) is 29.1 Å². The fourth-order valence-electron chi connectivity index (χ4n) is 3.08. The number of hydrogen-bond donors (Lipinski definition) is 1. The molecule has 0 bridgehead atoms. The van der Waals surface area contributed by atoms with E-state index in [1.54, 1.807) is 6.92 Å². The predicted molar refractivity (Wildman–Crippen MR) is 108 cm³/mol. The minimum absolute atomic E-state index is 0.0275. The Morgan fingerprint density at radius 3 is 2.63 bits per heavy atom. The number of halogens is 1. The van der Waals surface area contributed by atoms with Gasteiger partial charge in [-0.25, -0.2) is 9.37 Å². The molecular weight excluding hydrogens is 365 g/mol. The van der Waals surface area contributed by atoms with E-state index >= 15 is 0 Å². The number of thiophene rings is 1. The van der Waals surface area contributed by atoms with Gasteiger partial charge >= 0.3 is 0 Å². The number of carbonyl (C=O) groups excluding carboxylic acids is 1. The molecule has 0 aliphatic heterocycles. The van der Waals surface area contributed by atoms with Crippen LogP contribution in [0.3, 0.4) is 0 Å². The van der Waals surface area contributed by atoms with E-state index in [9.17, 15) is 14.0 Å². The molecule has 0 atom stereocenters. The zero-order chi connectivity index (χ0) is 19.7. The molecule has 5 nitrogen and oxygen atoms in total. The number of carbonyl (C=O) groups is 1. The van der Waals surface area contributed by atoms with Crippen LogP contribution in [0.5, 0.6) is 0 Å². The minimum atomic E-state index is -0.642. The second-order valence-electron chi connectivity index (χ2n) is 6.78.